The van der Waals surface area contributed by atoms with E-state index in [-0.39, 0.29) is 31.4 Å². The number of carbonyl (C=O) groups is 1. The molecule has 0 saturated heterocycles. The van der Waals surface area contributed by atoms with E-state index >= 15 is 0 Å². The van der Waals surface area contributed by atoms with Crippen molar-refractivity contribution in [2.24, 2.45) is 0 Å². The molecule has 5 N–H and O–H groups in total. The number of rotatable bonds is 12. The molecule has 0 bridgehead atoms. The van der Waals surface area contributed by atoms with Crippen molar-refractivity contribution in [3.8, 4) is 11.5 Å². The number of nitrogens with one attached hydrogen (secondary N) is 1. The number of phenols is 2. The van der Waals surface area contributed by atoms with Crippen molar-refractivity contribution >= 4 is 29.4 Å². The highest BCUT2D eigenvalue weighted by Crippen LogP contribution is 2.21. The van der Waals surface area contributed by atoms with Crippen molar-refractivity contribution in [3.63, 3.8) is 0 Å². The average molecular weight is 483 g/mol. The van der Waals surface area contributed by atoms with Gasteiger partial charge in [0.25, 0.3) is 0 Å². The first-order valence-electron chi connectivity index (χ1n) is 10.5. The molecule has 0 spiro atoms. The van der Waals surface area contributed by atoms with Crippen LogP contribution in [-0.2, 0) is 4.79 Å². The maximum Gasteiger partial charge on any atom is 0.234 e. The number of aromatic hydroxyl groups is 2. The highest BCUT2D eigenvalue weighted by atomic mass is 32.2. The number of aliphatic hydroxyl groups excluding tert-OH is 2. The fraction of sp³-hybridized carbons (Fsp3) is 0.435. The maximum absolute atomic E-state index is 11.8. The van der Waals surface area contributed by atoms with Gasteiger partial charge < -0.3 is 25.7 Å². The Hall–Kier alpha value is -1.91. The summed E-state index contributed by atoms with van der Waals surface area (Å²) >= 11 is 3.43. The molecule has 1 amide bonds. The van der Waals surface area contributed by atoms with Gasteiger partial charge in [-0.2, -0.15) is 0 Å². The molecule has 32 heavy (non-hydrogen) atoms. The highest BCUT2D eigenvalue weighted by Gasteiger charge is 2.13. The number of benzene rings is 2. The van der Waals surface area contributed by atoms with E-state index in [9.17, 15) is 9.90 Å². The van der Waals surface area contributed by atoms with Crippen LogP contribution in [0.4, 0.5) is 0 Å². The summed E-state index contributed by atoms with van der Waals surface area (Å²) < 4.78 is 0. The molecule has 0 aromatic heterocycles. The number of nitrogens with zero attached hydrogens (tertiary/aromatic N) is 1. The van der Waals surface area contributed by atoms with Crippen LogP contribution >= 0.6 is 23.5 Å². The van der Waals surface area contributed by atoms with Crippen LogP contribution in [0.3, 0.4) is 0 Å². The van der Waals surface area contributed by atoms with Crippen LogP contribution in [0.2, 0.25) is 0 Å². The van der Waals surface area contributed by atoms with Crippen LogP contribution in [0, 0.1) is 0 Å². The summed E-state index contributed by atoms with van der Waals surface area (Å²) in [5, 5.41) is 38.6. The van der Waals surface area contributed by atoms with Crippen LogP contribution in [0.25, 0.3) is 0 Å². The molecule has 2 aromatic carbocycles. The SMILES string of the molecule is CCN(CCSc1ccc(O)cc1)CC(=O)NC(CO)CO.CCSc1ccc(O)cc1. The van der Waals surface area contributed by atoms with Gasteiger partial charge in [0, 0.05) is 22.1 Å². The van der Waals surface area contributed by atoms with E-state index in [1.807, 2.05) is 36.1 Å². The molecule has 2 aromatic rings. The van der Waals surface area contributed by atoms with Gasteiger partial charge in [0.05, 0.1) is 25.8 Å². The number of aliphatic hydroxyl groups is 2. The Morgan fingerprint density at radius 1 is 0.906 bits per heavy atom. The molecule has 0 fully saturated rings. The van der Waals surface area contributed by atoms with Crippen molar-refractivity contribution in [2.75, 3.05) is 44.4 Å². The van der Waals surface area contributed by atoms with Gasteiger partial charge in [0.1, 0.15) is 11.5 Å². The van der Waals surface area contributed by atoms with Gasteiger partial charge in [0.2, 0.25) is 5.91 Å². The first-order valence-corrected chi connectivity index (χ1v) is 12.5. The zero-order valence-electron chi connectivity index (χ0n) is 18.6. The molecule has 178 valence electrons. The van der Waals surface area contributed by atoms with Gasteiger partial charge in [-0.3, -0.25) is 9.69 Å². The quantitative estimate of drug-likeness (QED) is 0.294. The number of likely N-dealkylation sites (N-methyl/N-ethyl adjacent to an activating group) is 1. The van der Waals surface area contributed by atoms with E-state index in [1.165, 1.54) is 4.90 Å². The minimum Gasteiger partial charge on any atom is -0.508 e. The topological polar surface area (TPSA) is 113 Å². The van der Waals surface area contributed by atoms with E-state index in [4.69, 9.17) is 15.3 Å². The maximum atomic E-state index is 11.8. The third-order valence-corrected chi connectivity index (χ3v) is 6.17. The van der Waals surface area contributed by atoms with Crippen LogP contribution in [-0.4, -0.2) is 81.6 Å². The number of amides is 1. The minimum atomic E-state index is -0.599. The van der Waals surface area contributed by atoms with Crippen molar-refractivity contribution in [2.45, 2.75) is 29.7 Å². The summed E-state index contributed by atoms with van der Waals surface area (Å²) in [4.78, 5) is 16.1. The molecule has 0 aliphatic rings. The summed E-state index contributed by atoms with van der Waals surface area (Å²) in [5.41, 5.74) is 0. The molecule has 0 saturated carbocycles. The Kier molecular flexibility index (Phi) is 14.7. The first kappa shape index (κ1) is 28.1. The lowest BCUT2D eigenvalue weighted by Crippen LogP contribution is -2.45. The summed E-state index contributed by atoms with van der Waals surface area (Å²) in [5.74, 6) is 2.28. The normalized spacial score (nSPS) is 10.7. The van der Waals surface area contributed by atoms with Crippen molar-refractivity contribution in [1.82, 2.24) is 10.2 Å². The molecule has 0 radical (unpaired) electrons. The van der Waals surface area contributed by atoms with E-state index in [0.29, 0.717) is 5.75 Å². The van der Waals surface area contributed by atoms with Crippen molar-refractivity contribution in [3.05, 3.63) is 48.5 Å². The lowest BCUT2D eigenvalue weighted by atomic mass is 10.3. The van der Waals surface area contributed by atoms with Crippen LogP contribution in [0.5, 0.6) is 11.5 Å². The van der Waals surface area contributed by atoms with Crippen LogP contribution in [0.1, 0.15) is 13.8 Å². The van der Waals surface area contributed by atoms with Crippen molar-refractivity contribution in [1.29, 1.82) is 0 Å². The highest BCUT2D eigenvalue weighted by molar-refractivity contribution is 7.99. The number of hydrogen-bond acceptors (Lipinski definition) is 8. The third kappa shape index (κ3) is 12.2. The van der Waals surface area contributed by atoms with E-state index < -0.39 is 6.04 Å². The lowest BCUT2D eigenvalue weighted by molar-refractivity contribution is -0.123. The number of phenolic OH excluding ortho intramolecular Hbond substituents is 2. The molecular formula is C23H34N2O5S2. The summed E-state index contributed by atoms with van der Waals surface area (Å²) in [6.45, 7) is 5.27. The van der Waals surface area contributed by atoms with Crippen molar-refractivity contribution < 1.29 is 25.2 Å². The number of carbonyl (C=O) groups excluding carboxylic acids is 1. The Labute approximate surface area is 198 Å². The molecule has 0 atom stereocenters. The zero-order valence-corrected chi connectivity index (χ0v) is 20.2. The predicted octanol–water partition coefficient (Wildman–Crippen LogP) is 2.78. The van der Waals surface area contributed by atoms with Crippen LogP contribution in [0.15, 0.2) is 58.3 Å². The van der Waals surface area contributed by atoms with Gasteiger partial charge >= 0.3 is 0 Å². The summed E-state index contributed by atoms with van der Waals surface area (Å²) in [6.07, 6.45) is 0. The summed E-state index contributed by atoms with van der Waals surface area (Å²) in [7, 11) is 0. The van der Waals surface area contributed by atoms with Gasteiger partial charge in [-0.05, 0) is 60.8 Å². The zero-order chi connectivity index (χ0) is 23.8. The monoisotopic (exact) mass is 482 g/mol. The fourth-order valence-electron chi connectivity index (χ4n) is 2.52. The molecule has 0 aliphatic carbocycles. The van der Waals surface area contributed by atoms with Gasteiger partial charge in [-0.25, -0.2) is 0 Å². The Bertz CT molecular complexity index is 756. The molecule has 2 rings (SSSR count). The van der Waals surface area contributed by atoms with Gasteiger partial charge in [0.15, 0.2) is 0 Å². The second-order valence-electron chi connectivity index (χ2n) is 6.77. The van der Waals surface area contributed by atoms with Gasteiger partial charge in [-0.1, -0.05) is 13.8 Å². The second-order valence-corrected chi connectivity index (χ2v) is 9.27. The molecule has 7 nitrogen and oxygen atoms in total. The van der Waals surface area contributed by atoms with E-state index in [0.717, 1.165) is 29.5 Å². The standard InChI is InChI=1S/C15H24N2O4S.C8H10OS/c1-2-17(9-15(21)16-12(10-18)11-19)7-8-22-14-5-3-13(20)4-6-14;1-2-10-8-5-3-7(9)4-6-8/h3-6,12,18-20H,2,7-11H2,1H3,(H,16,21);3-6,9H,2H2,1H3. The summed E-state index contributed by atoms with van der Waals surface area (Å²) in [6, 6.07) is 13.7. The predicted molar refractivity (Wildman–Crippen MR) is 132 cm³/mol. The first-order chi connectivity index (χ1) is 15.4. The third-order valence-electron chi connectivity index (χ3n) is 4.28. The number of hydrogen-bond donors (Lipinski definition) is 5. The minimum absolute atomic E-state index is 0.204. The fourth-order valence-corrected chi connectivity index (χ4v) is 4.09. The Morgan fingerprint density at radius 3 is 1.84 bits per heavy atom. The molecule has 0 unspecified atom stereocenters. The smallest absolute Gasteiger partial charge is 0.234 e. The lowest BCUT2D eigenvalue weighted by Gasteiger charge is -2.21. The van der Waals surface area contributed by atoms with E-state index in [1.54, 1.807) is 47.8 Å². The number of thioether (sulfide) groups is 2. The molecule has 9 heteroatoms. The second kappa shape index (κ2) is 16.7. The van der Waals surface area contributed by atoms with Gasteiger partial charge in [-0.15, -0.1) is 23.5 Å². The van der Waals surface area contributed by atoms with E-state index in [2.05, 4.69) is 12.2 Å². The Morgan fingerprint density at radius 2 is 1.41 bits per heavy atom. The molecular weight excluding hydrogens is 448 g/mol. The molecule has 0 aliphatic heterocycles. The largest absolute Gasteiger partial charge is 0.508 e. The Balaban J connectivity index is 0.000000425. The average Bonchev–Trinajstić information content (AvgIpc) is 2.80. The molecule has 0 heterocycles. The van der Waals surface area contributed by atoms with Crippen LogP contribution < -0.4 is 5.32 Å².